The lowest BCUT2D eigenvalue weighted by Gasteiger charge is -2.13. The van der Waals surface area contributed by atoms with Crippen LogP contribution in [0.15, 0.2) is 48.5 Å². The van der Waals surface area contributed by atoms with Crippen LogP contribution in [0.3, 0.4) is 0 Å². The molecule has 3 N–H and O–H groups in total. The van der Waals surface area contributed by atoms with Gasteiger partial charge in [-0.3, -0.25) is 14.9 Å². The van der Waals surface area contributed by atoms with Crippen molar-refractivity contribution < 1.29 is 14.3 Å². The van der Waals surface area contributed by atoms with E-state index in [1.54, 1.807) is 55.6 Å². The maximum atomic E-state index is 12.4. The Kier molecular flexibility index (Phi) is 8.42. The van der Waals surface area contributed by atoms with Crippen molar-refractivity contribution in [1.82, 2.24) is 10.6 Å². The highest BCUT2D eigenvalue weighted by atomic mass is 32.1. The third-order valence-electron chi connectivity index (χ3n) is 4.01. The summed E-state index contributed by atoms with van der Waals surface area (Å²) in [5.74, 6) is 0.145. The van der Waals surface area contributed by atoms with Crippen molar-refractivity contribution in [3.8, 4) is 5.75 Å². The van der Waals surface area contributed by atoms with Gasteiger partial charge in [0.15, 0.2) is 5.11 Å². The number of hydrogen-bond donors (Lipinski definition) is 3. The van der Waals surface area contributed by atoms with Crippen LogP contribution in [0.25, 0.3) is 0 Å². The summed E-state index contributed by atoms with van der Waals surface area (Å²) in [6, 6.07) is 13.8. The Morgan fingerprint density at radius 2 is 1.71 bits per heavy atom. The zero-order chi connectivity index (χ0) is 20.4. The molecule has 148 valence electrons. The van der Waals surface area contributed by atoms with Crippen molar-refractivity contribution in [2.45, 2.75) is 26.2 Å². The fraction of sp³-hybridized carbons (Fsp3) is 0.286. The van der Waals surface area contributed by atoms with Crippen molar-refractivity contribution >= 4 is 34.8 Å². The molecule has 0 aliphatic rings. The van der Waals surface area contributed by atoms with Gasteiger partial charge >= 0.3 is 0 Å². The lowest BCUT2D eigenvalue weighted by molar-refractivity contribution is 0.0961. The number of anilines is 1. The summed E-state index contributed by atoms with van der Waals surface area (Å²) in [5, 5.41) is 8.19. The topological polar surface area (TPSA) is 79.5 Å². The number of nitrogens with one attached hydrogen (secondary N) is 3. The maximum Gasteiger partial charge on any atom is 0.257 e. The molecule has 28 heavy (non-hydrogen) atoms. The fourth-order valence-electron chi connectivity index (χ4n) is 2.50. The smallest absolute Gasteiger partial charge is 0.257 e. The molecule has 0 saturated heterocycles. The van der Waals surface area contributed by atoms with Crippen LogP contribution in [0.5, 0.6) is 5.75 Å². The van der Waals surface area contributed by atoms with Gasteiger partial charge in [-0.15, -0.1) is 0 Å². The molecule has 0 atom stereocenters. The lowest BCUT2D eigenvalue weighted by atomic mass is 10.1. The Balaban J connectivity index is 1.92. The van der Waals surface area contributed by atoms with Crippen molar-refractivity contribution in [3.05, 3.63) is 59.7 Å². The number of carbonyl (C=O) groups is 2. The van der Waals surface area contributed by atoms with E-state index in [-0.39, 0.29) is 16.9 Å². The number of ether oxygens (including phenoxy) is 1. The van der Waals surface area contributed by atoms with E-state index >= 15 is 0 Å². The van der Waals surface area contributed by atoms with Crippen molar-refractivity contribution in [3.63, 3.8) is 0 Å². The second kappa shape index (κ2) is 11.0. The van der Waals surface area contributed by atoms with Gasteiger partial charge in [-0.2, -0.15) is 0 Å². The Bertz CT molecular complexity index is 822. The number of rotatable bonds is 8. The van der Waals surface area contributed by atoms with Gasteiger partial charge in [-0.25, -0.2) is 0 Å². The van der Waals surface area contributed by atoms with Crippen LogP contribution in [0, 0.1) is 0 Å². The molecular weight excluding hydrogens is 374 g/mol. The van der Waals surface area contributed by atoms with Crippen molar-refractivity contribution in [1.29, 1.82) is 0 Å². The molecule has 0 radical (unpaired) electrons. The first-order valence-corrected chi connectivity index (χ1v) is 9.62. The molecule has 6 nitrogen and oxygen atoms in total. The first-order valence-electron chi connectivity index (χ1n) is 9.21. The van der Waals surface area contributed by atoms with E-state index < -0.39 is 0 Å². The summed E-state index contributed by atoms with van der Waals surface area (Å²) < 4.78 is 5.64. The number of amides is 2. The number of benzene rings is 2. The molecule has 0 aliphatic heterocycles. The van der Waals surface area contributed by atoms with E-state index in [2.05, 4.69) is 22.9 Å². The summed E-state index contributed by atoms with van der Waals surface area (Å²) in [6.07, 6.45) is 3.29. The number of unbranched alkanes of at least 4 members (excludes halogenated alkanes) is 2. The summed E-state index contributed by atoms with van der Waals surface area (Å²) in [4.78, 5) is 24.3. The molecule has 0 unspecified atom stereocenters. The van der Waals surface area contributed by atoms with Crippen molar-refractivity contribution in [2.75, 3.05) is 19.0 Å². The summed E-state index contributed by atoms with van der Waals surface area (Å²) >= 11 is 5.20. The highest BCUT2D eigenvalue weighted by Crippen LogP contribution is 2.15. The number of hydrogen-bond acceptors (Lipinski definition) is 4. The van der Waals surface area contributed by atoms with Crippen LogP contribution in [0.1, 0.15) is 46.9 Å². The van der Waals surface area contributed by atoms with Gasteiger partial charge in [-0.05, 0) is 55.0 Å². The van der Waals surface area contributed by atoms with Crippen molar-refractivity contribution in [2.24, 2.45) is 0 Å². The molecule has 0 aromatic heterocycles. The first kappa shape index (κ1) is 21.4. The fourth-order valence-corrected chi connectivity index (χ4v) is 2.70. The van der Waals surface area contributed by atoms with E-state index in [0.717, 1.165) is 25.0 Å². The number of para-hydroxylation sites is 1. The van der Waals surface area contributed by atoms with Gasteiger partial charge in [0.2, 0.25) is 0 Å². The normalized spacial score (nSPS) is 10.1. The highest BCUT2D eigenvalue weighted by molar-refractivity contribution is 7.80. The molecule has 0 fully saturated rings. The minimum atomic E-state index is -0.340. The quantitative estimate of drug-likeness (QED) is 0.465. The van der Waals surface area contributed by atoms with Crippen LogP contribution < -0.4 is 20.7 Å². The second-order valence-corrected chi connectivity index (χ2v) is 6.52. The SMILES string of the molecule is CCCCCOc1ccc(C(=O)NC(=S)Nc2ccccc2C(=O)NC)cc1. The Labute approximate surface area is 170 Å². The highest BCUT2D eigenvalue weighted by Gasteiger charge is 2.12. The Morgan fingerprint density at radius 3 is 2.39 bits per heavy atom. The lowest BCUT2D eigenvalue weighted by Crippen LogP contribution is -2.34. The van der Waals surface area contributed by atoms with Crippen LogP contribution in [-0.4, -0.2) is 30.6 Å². The summed E-state index contributed by atoms with van der Waals surface area (Å²) in [6.45, 7) is 2.81. The van der Waals surface area contributed by atoms with Crippen LogP contribution in [0.4, 0.5) is 5.69 Å². The molecule has 2 aromatic carbocycles. The third-order valence-corrected chi connectivity index (χ3v) is 4.21. The Hall–Kier alpha value is -2.93. The molecule has 0 spiro atoms. The van der Waals surface area contributed by atoms with Crippen LogP contribution >= 0.6 is 12.2 Å². The standard InChI is InChI=1S/C21H25N3O3S/c1-3-4-7-14-27-16-12-10-15(11-13-16)19(25)24-21(28)23-18-9-6-5-8-17(18)20(26)22-2/h5-6,8-13H,3-4,7,14H2,1-2H3,(H,22,26)(H2,23,24,25,28). The summed E-state index contributed by atoms with van der Waals surface area (Å²) in [5.41, 5.74) is 1.42. The van der Waals surface area contributed by atoms with Gasteiger partial charge in [0, 0.05) is 12.6 Å². The predicted octanol–water partition coefficient (Wildman–Crippen LogP) is 3.74. The van der Waals surface area contributed by atoms with Gasteiger partial charge in [-0.1, -0.05) is 31.9 Å². The number of carbonyl (C=O) groups excluding carboxylic acids is 2. The molecule has 0 bridgehead atoms. The van der Waals surface area contributed by atoms with Gasteiger partial charge in [0.25, 0.3) is 11.8 Å². The van der Waals surface area contributed by atoms with Crippen LogP contribution in [0.2, 0.25) is 0 Å². The Morgan fingerprint density at radius 1 is 1.00 bits per heavy atom. The molecule has 2 rings (SSSR count). The molecule has 7 heteroatoms. The van der Waals surface area contributed by atoms with E-state index in [4.69, 9.17) is 17.0 Å². The zero-order valence-corrected chi connectivity index (χ0v) is 16.9. The molecule has 0 aliphatic carbocycles. The third kappa shape index (κ3) is 6.35. The monoisotopic (exact) mass is 399 g/mol. The largest absolute Gasteiger partial charge is 0.494 e. The van der Waals surface area contributed by atoms with Crippen LogP contribution in [-0.2, 0) is 0 Å². The molecule has 2 amide bonds. The molecular formula is C21H25N3O3S. The number of thiocarbonyl (C=S) groups is 1. The molecule has 0 heterocycles. The van der Waals surface area contributed by atoms with E-state index in [0.29, 0.717) is 23.4 Å². The van der Waals surface area contributed by atoms with Gasteiger partial charge < -0.3 is 15.4 Å². The molecule has 0 saturated carbocycles. The summed E-state index contributed by atoms with van der Waals surface area (Å²) in [7, 11) is 1.55. The average Bonchev–Trinajstić information content (AvgIpc) is 2.71. The average molecular weight is 400 g/mol. The van der Waals surface area contributed by atoms with E-state index in [1.165, 1.54) is 0 Å². The van der Waals surface area contributed by atoms with E-state index in [1.807, 2.05) is 0 Å². The van der Waals surface area contributed by atoms with Gasteiger partial charge in [0.05, 0.1) is 17.9 Å². The minimum absolute atomic E-state index is 0.112. The maximum absolute atomic E-state index is 12.4. The second-order valence-electron chi connectivity index (χ2n) is 6.11. The predicted molar refractivity (Wildman–Crippen MR) is 115 cm³/mol. The van der Waals surface area contributed by atoms with Gasteiger partial charge in [0.1, 0.15) is 5.75 Å². The van der Waals surface area contributed by atoms with E-state index in [9.17, 15) is 9.59 Å². The first-order chi connectivity index (χ1) is 13.5. The molecule has 2 aromatic rings. The zero-order valence-electron chi connectivity index (χ0n) is 16.1. The minimum Gasteiger partial charge on any atom is -0.494 e.